The smallest absolute Gasteiger partial charge is 0.146 e. The molecular formula is C13H24N4. The summed E-state index contributed by atoms with van der Waals surface area (Å²) in [5.74, 6) is 2.91. The van der Waals surface area contributed by atoms with Gasteiger partial charge in [-0.2, -0.15) is 0 Å². The molecule has 0 saturated heterocycles. The van der Waals surface area contributed by atoms with E-state index in [4.69, 9.17) is 5.73 Å². The standard InChI is InChI=1S/C13H24N4/c1-2-8-17-12(15-16-13(17)10-14)9-11-6-4-3-5-7-11/h11H,2-10,14H2,1H3. The van der Waals surface area contributed by atoms with Gasteiger partial charge in [-0.1, -0.05) is 39.0 Å². The summed E-state index contributed by atoms with van der Waals surface area (Å²) < 4.78 is 2.23. The minimum atomic E-state index is 0.498. The third-order valence-corrected chi connectivity index (χ3v) is 3.73. The summed E-state index contributed by atoms with van der Waals surface area (Å²) in [6, 6.07) is 0. The maximum absolute atomic E-state index is 5.70. The lowest BCUT2D eigenvalue weighted by Gasteiger charge is -2.21. The summed E-state index contributed by atoms with van der Waals surface area (Å²) in [6.45, 7) is 3.68. The van der Waals surface area contributed by atoms with Crippen LogP contribution >= 0.6 is 0 Å². The Morgan fingerprint density at radius 2 is 1.88 bits per heavy atom. The molecule has 2 N–H and O–H groups in total. The lowest BCUT2D eigenvalue weighted by atomic mass is 9.87. The highest BCUT2D eigenvalue weighted by atomic mass is 15.3. The maximum Gasteiger partial charge on any atom is 0.146 e. The van der Waals surface area contributed by atoms with Crippen LogP contribution in [0.1, 0.15) is 57.1 Å². The summed E-state index contributed by atoms with van der Waals surface area (Å²) in [7, 11) is 0. The van der Waals surface area contributed by atoms with Gasteiger partial charge in [0.1, 0.15) is 11.6 Å². The SMILES string of the molecule is CCCn1c(CN)nnc1CC1CCCCC1. The van der Waals surface area contributed by atoms with E-state index < -0.39 is 0 Å². The Bertz CT molecular complexity index is 339. The first-order chi connectivity index (χ1) is 8.35. The van der Waals surface area contributed by atoms with Crippen LogP contribution in [0, 0.1) is 5.92 Å². The number of nitrogens with two attached hydrogens (primary N) is 1. The van der Waals surface area contributed by atoms with Gasteiger partial charge in [0.25, 0.3) is 0 Å². The van der Waals surface area contributed by atoms with Crippen LogP contribution in [-0.4, -0.2) is 14.8 Å². The molecule has 0 aliphatic heterocycles. The Hall–Kier alpha value is -0.900. The lowest BCUT2D eigenvalue weighted by molar-refractivity contribution is 0.346. The molecule has 1 saturated carbocycles. The minimum Gasteiger partial charge on any atom is -0.324 e. The summed E-state index contributed by atoms with van der Waals surface area (Å²) >= 11 is 0. The maximum atomic E-state index is 5.70. The second kappa shape index (κ2) is 6.15. The Kier molecular flexibility index (Phi) is 4.54. The van der Waals surface area contributed by atoms with Crippen LogP contribution < -0.4 is 5.73 Å². The minimum absolute atomic E-state index is 0.498. The van der Waals surface area contributed by atoms with Crippen LogP contribution in [0.25, 0.3) is 0 Å². The average molecular weight is 236 g/mol. The first-order valence-electron chi connectivity index (χ1n) is 6.96. The van der Waals surface area contributed by atoms with Crippen molar-refractivity contribution >= 4 is 0 Å². The molecule has 1 aromatic heterocycles. The molecule has 0 unspecified atom stereocenters. The van der Waals surface area contributed by atoms with E-state index in [1.54, 1.807) is 0 Å². The van der Waals surface area contributed by atoms with E-state index >= 15 is 0 Å². The fourth-order valence-corrected chi connectivity index (χ4v) is 2.81. The first kappa shape index (κ1) is 12.6. The van der Waals surface area contributed by atoms with E-state index in [1.165, 1.54) is 32.1 Å². The topological polar surface area (TPSA) is 56.7 Å². The number of aromatic nitrogens is 3. The average Bonchev–Trinajstić information content (AvgIpc) is 2.74. The molecule has 1 aliphatic rings. The van der Waals surface area contributed by atoms with E-state index in [-0.39, 0.29) is 0 Å². The van der Waals surface area contributed by atoms with Crippen molar-refractivity contribution in [2.75, 3.05) is 0 Å². The highest BCUT2D eigenvalue weighted by molar-refractivity contribution is 4.97. The number of hydrogen-bond acceptors (Lipinski definition) is 3. The van der Waals surface area contributed by atoms with Crippen molar-refractivity contribution in [2.24, 2.45) is 11.7 Å². The molecule has 1 fully saturated rings. The highest BCUT2D eigenvalue weighted by Crippen LogP contribution is 2.26. The van der Waals surface area contributed by atoms with Crippen LogP contribution in [0.5, 0.6) is 0 Å². The van der Waals surface area contributed by atoms with Crippen LogP contribution in [0.15, 0.2) is 0 Å². The largest absolute Gasteiger partial charge is 0.324 e. The van der Waals surface area contributed by atoms with E-state index in [1.807, 2.05) is 0 Å². The van der Waals surface area contributed by atoms with Crippen molar-refractivity contribution in [3.8, 4) is 0 Å². The van der Waals surface area contributed by atoms with Crippen LogP contribution in [0.2, 0.25) is 0 Å². The van der Waals surface area contributed by atoms with Gasteiger partial charge < -0.3 is 10.3 Å². The van der Waals surface area contributed by atoms with Crippen molar-refractivity contribution < 1.29 is 0 Å². The Labute approximate surface area is 104 Å². The number of nitrogens with zero attached hydrogens (tertiary/aromatic N) is 3. The lowest BCUT2D eigenvalue weighted by Crippen LogP contribution is -2.15. The number of hydrogen-bond donors (Lipinski definition) is 1. The van der Waals surface area contributed by atoms with Gasteiger partial charge in [-0.15, -0.1) is 10.2 Å². The third-order valence-electron chi connectivity index (χ3n) is 3.73. The zero-order chi connectivity index (χ0) is 12.1. The predicted molar refractivity (Wildman–Crippen MR) is 68.5 cm³/mol. The van der Waals surface area contributed by atoms with E-state index in [0.29, 0.717) is 6.54 Å². The van der Waals surface area contributed by atoms with Crippen molar-refractivity contribution in [1.82, 2.24) is 14.8 Å². The molecule has 17 heavy (non-hydrogen) atoms. The van der Waals surface area contributed by atoms with Gasteiger partial charge in [-0.25, -0.2) is 0 Å². The summed E-state index contributed by atoms with van der Waals surface area (Å²) in [5, 5.41) is 8.54. The van der Waals surface area contributed by atoms with Gasteiger partial charge in [-0.05, 0) is 12.3 Å². The van der Waals surface area contributed by atoms with Gasteiger partial charge >= 0.3 is 0 Å². The van der Waals surface area contributed by atoms with Gasteiger partial charge in [-0.3, -0.25) is 0 Å². The van der Waals surface area contributed by atoms with Crippen molar-refractivity contribution in [3.63, 3.8) is 0 Å². The van der Waals surface area contributed by atoms with Gasteiger partial charge in [0.05, 0.1) is 6.54 Å². The molecular weight excluding hydrogens is 212 g/mol. The molecule has 4 heteroatoms. The monoisotopic (exact) mass is 236 g/mol. The molecule has 1 aliphatic carbocycles. The Morgan fingerprint density at radius 3 is 2.53 bits per heavy atom. The van der Waals surface area contributed by atoms with Crippen molar-refractivity contribution in [1.29, 1.82) is 0 Å². The van der Waals surface area contributed by atoms with E-state index in [2.05, 4.69) is 21.7 Å². The predicted octanol–water partition coefficient (Wildman–Crippen LogP) is 2.27. The molecule has 0 atom stereocenters. The molecule has 0 spiro atoms. The third kappa shape index (κ3) is 3.06. The zero-order valence-electron chi connectivity index (χ0n) is 10.9. The Balaban J connectivity index is 2.05. The fraction of sp³-hybridized carbons (Fsp3) is 0.846. The molecule has 4 nitrogen and oxygen atoms in total. The van der Waals surface area contributed by atoms with Crippen LogP contribution in [-0.2, 0) is 19.5 Å². The van der Waals surface area contributed by atoms with Gasteiger partial charge in [0.15, 0.2) is 0 Å². The first-order valence-corrected chi connectivity index (χ1v) is 6.96. The van der Waals surface area contributed by atoms with E-state index in [0.717, 1.165) is 37.0 Å². The fourth-order valence-electron chi connectivity index (χ4n) is 2.81. The summed E-state index contributed by atoms with van der Waals surface area (Å²) in [6.07, 6.45) is 9.10. The van der Waals surface area contributed by atoms with Crippen LogP contribution in [0.4, 0.5) is 0 Å². The van der Waals surface area contributed by atoms with Gasteiger partial charge in [0, 0.05) is 13.0 Å². The quantitative estimate of drug-likeness (QED) is 0.853. The molecule has 0 amide bonds. The van der Waals surface area contributed by atoms with Gasteiger partial charge in [0.2, 0.25) is 0 Å². The molecule has 1 heterocycles. The zero-order valence-corrected chi connectivity index (χ0v) is 10.9. The molecule has 0 radical (unpaired) electrons. The molecule has 0 aromatic carbocycles. The second-order valence-electron chi connectivity index (χ2n) is 5.10. The molecule has 2 rings (SSSR count). The van der Waals surface area contributed by atoms with Crippen molar-refractivity contribution in [3.05, 3.63) is 11.6 Å². The summed E-state index contributed by atoms with van der Waals surface area (Å²) in [4.78, 5) is 0. The number of rotatable bonds is 5. The van der Waals surface area contributed by atoms with Crippen LogP contribution in [0.3, 0.4) is 0 Å². The normalized spacial score (nSPS) is 17.5. The Morgan fingerprint density at radius 1 is 1.18 bits per heavy atom. The summed E-state index contributed by atoms with van der Waals surface area (Å²) in [5.41, 5.74) is 5.70. The van der Waals surface area contributed by atoms with Crippen molar-refractivity contribution in [2.45, 2.75) is 65.0 Å². The molecule has 1 aromatic rings. The molecule has 0 bridgehead atoms. The molecule has 96 valence electrons. The highest BCUT2D eigenvalue weighted by Gasteiger charge is 2.18. The van der Waals surface area contributed by atoms with E-state index in [9.17, 15) is 0 Å². The second-order valence-corrected chi connectivity index (χ2v) is 5.10.